The molecule has 0 spiro atoms. The van der Waals surface area contributed by atoms with Crippen molar-refractivity contribution >= 4 is 46.2 Å². The van der Waals surface area contributed by atoms with Gasteiger partial charge < -0.3 is 5.32 Å². The van der Waals surface area contributed by atoms with E-state index >= 15 is 0 Å². The molecule has 1 aromatic carbocycles. The molecule has 1 aromatic rings. The Kier molecular flexibility index (Phi) is 5.45. The van der Waals surface area contributed by atoms with E-state index in [4.69, 9.17) is 0 Å². The number of halogens is 1. The van der Waals surface area contributed by atoms with E-state index in [1.807, 2.05) is 23.9 Å². The minimum atomic E-state index is -0.0225. The van der Waals surface area contributed by atoms with Crippen LogP contribution in [-0.2, 0) is 0 Å². The topological polar surface area (TPSA) is 29.1 Å². The molecular formula is C13H16BrNOS2. The Hall–Kier alpha value is -0.130. The molecule has 98 valence electrons. The number of amides is 1. The highest BCUT2D eigenvalue weighted by atomic mass is 79.9. The van der Waals surface area contributed by atoms with Gasteiger partial charge >= 0.3 is 0 Å². The lowest BCUT2D eigenvalue weighted by atomic mass is 10.0. The van der Waals surface area contributed by atoms with Crippen molar-refractivity contribution in [2.24, 2.45) is 5.92 Å². The molecule has 1 N–H and O–H groups in total. The molecule has 1 aliphatic heterocycles. The van der Waals surface area contributed by atoms with Gasteiger partial charge in [-0.2, -0.15) is 11.8 Å². The minimum absolute atomic E-state index is 0.0225. The van der Waals surface area contributed by atoms with Gasteiger partial charge in [0.1, 0.15) is 0 Å². The lowest BCUT2D eigenvalue weighted by Gasteiger charge is -2.21. The summed E-state index contributed by atoms with van der Waals surface area (Å²) < 4.78 is 0.938. The molecule has 1 saturated heterocycles. The predicted molar refractivity (Wildman–Crippen MR) is 83.8 cm³/mol. The van der Waals surface area contributed by atoms with Crippen molar-refractivity contribution in [2.45, 2.75) is 17.7 Å². The van der Waals surface area contributed by atoms with Crippen LogP contribution in [0.3, 0.4) is 0 Å². The van der Waals surface area contributed by atoms with Gasteiger partial charge in [-0.1, -0.05) is 15.9 Å². The first-order valence-electron chi connectivity index (χ1n) is 6.01. The summed E-state index contributed by atoms with van der Waals surface area (Å²) in [5.74, 6) is 3.05. The minimum Gasteiger partial charge on any atom is -0.352 e. The standard InChI is InChI=1S/C13H16BrNOS2/c14-10-1-2-11(12(17)7-10)13(16)15-8-9-3-5-18-6-4-9/h1-2,7,9,17H,3-6,8H2,(H,15,16). The highest BCUT2D eigenvalue weighted by Crippen LogP contribution is 2.23. The maximum atomic E-state index is 12.0. The van der Waals surface area contributed by atoms with Crippen LogP contribution in [0, 0.1) is 5.92 Å². The van der Waals surface area contributed by atoms with E-state index in [1.165, 1.54) is 24.3 Å². The van der Waals surface area contributed by atoms with Crippen LogP contribution in [0.1, 0.15) is 23.2 Å². The van der Waals surface area contributed by atoms with Crippen LogP contribution in [0.15, 0.2) is 27.6 Å². The molecule has 1 amide bonds. The Bertz CT molecular complexity index is 433. The highest BCUT2D eigenvalue weighted by Gasteiger charge is 2.16. The maximum absolute atomic E-state index is 12.0. The van der Waals surface area contributed by atoms with Gasteiger partial charge in [0.05, 0.1) is 5.56 Å². The van der Waals surface area contributed by atoms with Gasteiger partial charge in [0.15, 0.2) is 0 Å². The second-order valence-corrected chi connectivity index (χ2v) is 7.05. The van der Waals surface area contributed by atoms with Crippen LogP contribution < -0.4 is 5.32 Å². The number of carbonyl (C=O) groups excluding carboxylic acids is 1. The average Bonchev–Trinajstić information content (AvgIpc) is 2.37. The van der Waals surface area contributed by atoms with Crippen LogP contribution in [0.4, 0.5) is 0 Å². The van der Waals surface area contributed by atoms with E-state index in [-0.39, 0.29) is 5.91 Å². The monoisotopic (exact) mass is 345 g/mol. The molecule has 0 unspecified atom stereocenters. The summed E-state index contributed by atoms with van der Waals surface area (Å²) in [5.41, 5.74) is 0.645. The molecule has 2 nitrogen and oxygen atoms in total. The Morgan fingerprint density at radius 3 is 2.83 bits per heavy atom. The summed E-state index contributed by atoms with van der Waals surface area (Å²) in [6.45, 7) is 0.780. The number of carbonyl (C=O) groups is 1. The lowest BCUT2D eigenvalue weighted by Crippen LogP contribution is -2.31. The molecule has 5 heteroatoms. The molecule has 1 fully saturated rings. The number of hydrogen-bond donors (Lipinski definition) is 2. The van der Waals surface area contributed by atoms with Gasteiger partial charge in [-0.25, -0.2) is 0 Å². The van der Waals surface area contributed by atoms with Crippen LogP contribution >= 0.6 is 40.3 Å². The van der Waals surface area contributed by atoms with Gasteiger partial charge in [-0.05, 0) is 48.5 Å². The summed E-state index contributed by atoms with van der Waals surface area (Å²) in [7, 11) is 0. The highest BCUT2D eigenvalue weighted by molar-refractivity contribution is 9.10. The second-order valence-electron chi connectivity index (χ2n) is 4.43. The molecule has 0 radical (unpaired) electrons. The van der Waals surface area contributed by atoms with Gasteiger partial charge in [-0.15, -0.1) is 12.6 Å². The number of hydrogen-bond acceptors (Lipinski definition) is 3. The molecule has 2 rings (SSSR count). The molecule has 1 heterocycles. The molecule has 0 aromatic heterocycles. The molecule has 1 aliphatic rings. The van der Waals surface area contributed by atoms with Gasteiger partial charge in [0.25, 0.3) is 5.91 Å². The fourth-order valence-corrected chi connectivity index (χ4v) is 4.04. The summed E-state index contributed by atoms with van der Waals surface area (Å²) in [6, 6.07) is 5.51. The van der Waals surface area contributed by atoms with Gasteiger partial charge in [0.2, 0.25) is 0 Å². The Morgan fingerprint density at radius 1 is 1.44 bits per heavy atom. The largest absolute Gasteiger partial charge is 0.352 e. The number of rotatable bonds is 3. The van der Waals surface area contributed by atoms with Gasteiger partial charge in [0, 0.05) is 15.9 Å². The third-order valence-corrected chi connectivity index (χ3v) is 5.01. The molecule has 18 heavy (non-hydrogen) atoms. The third kappa shape index (κ3) is 3.93. The number of benzene rings is 1. The normalized spacial score (nSPS) is 16.6. The molecule has 0 bridgehead atoms. The van der Waals surface area contributed by atoms with E-state index < -0.39 is 0 Å². The van der Waals surface area contributed by atoms with Crippen molar-refractivity contribution < 1.29 is 4.79 Å². The van der Waals surface area contributed by atoms with Crippen molar-refractivity contribution in [2.75, 3.05) is 18.1 Å². The van der Waals surface area contributed by atoms with Crippen LogP contribution in [0.2, 0.25) is 0 Å². The van der Waals surface area contributed by atoms with E-state index in [2.05, 4.69) is 33.9 Å². The van der Waals surface area contributed by atoms with Crippen molar-refractivity contribution in [3.05, 3.63) is 28.2 Å². The average molecular weight is 346 g/mol. The van der Waals surface area contributed by atoms with Crippen molar-refractivity contribution in [3.63, 3.8) is 0 Å². The van der Waals surface area contributed by atoms with E-state index in [0.717, 1.165) is 11.0 Å². The smallest absolute Gasteiger partial charge is 0.252 e. The zero-order chi connectivity index (χ0) is 13.0. The predicted octanol–water partition coefficient (Wildman–Crippen LogP) is 3.61. The Labute approximate surface area is 126 Å². The summed E-state index contributed by atoms with van der Waals surface area (Å²) >= 11 is 9.70. The van der Waals surface area contributed by atoms with Crippen molar-refractivity contribution in [3.8, 4) is 0 Å². The third-order valence-electron chi connectivity index (χ3n) is 3.10. The van der Waals surface area contributed by atoms with Gasteiger partial charge in [-0.3, -0.25) is 4.79 Å². The first-order chi connectivity index (χ1) is 8.66. The van der Waals surface area contributed by atoms with Crippen molar-refractivity contribution in [1.29, 1.82) is 0 Å². The molecule has 0 saturated carbocycles. The number of thiol groups is 1. The quantitative estimate of drug-likeness (QED) is 0.819. The lowest BCUT2D eigenvalue weighted by molar-refractivity contribution is 0.0943. The second kappa shape index (κ2) is 6.87. The SMILES string of the molecule is O=C(NCC1CCSCC1)c1ccc(Br)cc1S. The van der Waals surface area contributed by atoms with Crippen LogP contribution in [0.25, 0.3) is 0 Å². The zero-order valence-electron chi connectivity index (χ0n) is 9.99. The summed E-state index contributed by atoms with van der Waals surface area (Å²) in [4.78, 5) is 12.7. The summed E-state index contributed by atoms with van der Waals surface area (Å²) in [5, 5.41) is 3.02. The fourth-order valence-electron chi connectivity index (χ4n) is 1.98. The number of nitrogens with one attached hydrogen (secondary N) is 1. The van der Waals surface area contributed by atoms with E-state index in [1.54, 1.807) is 6.07 Å². The maximum Gasteiger partial charge on any atom is 0.252 e. The molecule has 0 aliphatic carbocycles. The molecular weight excluding hydrogens is 330 g/mol. The zero-order valence-corrected chi connectivity index (χ0v) is 13.3. The summed E-state index contributed by atoms with van der Waals surface area (Å²) in [6.07, 6.45) is 2.41. The Morgan fingerprint density at radius 2 is 2.17 bits per heavy atom. The van der Waals surface area contributed by atoms with E-state index in [9.17, 15) is 4.79 Å². The number of thioether (sulfide) groups is 1. The first-order valence-corrected chi connectivity index (χ1v) is 8.41. The van der Waals surface area contributed by atoms with Crippen LogP contribution in [0.5, 0.6) is 0 Å². The van der Waals surface area contributed by atoms with Crippen LogP contribution in [-0.4, -0.2) is 24.0 Å². The Balaban J connectivity index is 1.90. The molecule has 0 atom stereocenters. The van der Waals surface area contributed by atoms with E-state index in [0.29, 0.717) is 16.4 Å². The first kappa shape index (κ1) is 14.3. The van der Waals surface area contributed by atoms with Crippen molar-refractivity contribution in [1.82, 2.24) is 5.32 Å². The fraction of sp³-hybridized carbons (Fsp3) is 0.462.